The number of carbonyl (C=O) groups is 4. The molecule has 4 amide bonds. The minimum atomic E-state index is -0.680. The monoisotopic (exact) mass is 852 g/mol. The van der Waals surface area contributed by atoms with Crippen LogP contribution in [0, 0.1) is 0 Å². The van der Waals surface area contributed by atoms with E-state index in [1.165, 1.54) is 0 Å². The van der Waals surface area contributed by atoms with Crippen molar-refractivity contribution in [3.8, 4) is 33.4 Å². The topological polar surface area (TPSA) is 123 Å². The molecule has 0 saturated heterocycles. The number of hydrogen-bond donors (Lipinski definition) is 4. The Hall–Kier alpha value is -6.88. The Morgan fingerprint density at radius 1 is 0.531 bits per heavy atom. The molecule has 0 saturated carbocycles. The summed E-state index contributed by atoms with van der Waals surface area (Å²) in [6.07, 6.45) is 2.27. The Kier molecular flexibility index (Phi) is 13.4. The van der Waals surface area contributed by atoms with Gasteiger partial charge in [-0.2, -0.15) is 0 Å². The van der Waals surface area contributed by atoms with Gasteiger partial charge in [-0.15, -0.1) is 0 Å². The van der Waals surface area contributed by atoms with Crippen LogP contribution in [0.4, 0.5) is 11.4 Å². The highest BCUT2D eigenvalue weighted by atomic mass is 16.2. The van der Waals surface area contributed by atoms with E-state index < -0.39 is 24.2 Å². The number of hydrogen-bond acceptors (Lipinski definition) is 6. The van der Waals surface area contributed by atoms with Crippen molar-refractivity contribution in [3.63, 3.8) is 0 Å². The van der Waals surface area contributed by atoms with Crippen molar-refractivity contribution in [3.05, 3.63) is 168 Å². The molecule has 0 radical (unpaired) electrons. The second-order valence-corrected chi connectivity index (χ2v) is 16.8. The number of likely N-dealkylation sites (N-methyl/N-ethyl adjacent to an activating group) is 2. The average Bonchev–Trinajstić information content (AvgIpc) is 3.54. The van der Waals surface area contributed by atoms with E-state index in [1.54, 1.807) is 27.9 Å². The highest BCUT2D eigenvalue weighted by Crippen LogP contribution is 2.36. The predicted octanol–water partition coefficient (Wildman–Crippen LogP) is 7.83. The molecule has 6 aromatic carbocycles. The summed E-state index contributed by atoms with van der Waals surface area (Å²) in [6.45, 7) is 4.27. The lowest BCUT2D eigenvalue weighted by Crippen LogP contribution is -2.52. The zero-order valence-electron chi connectivity index (χ0n) is 36.9. The standard InChI is InChI=1S/C54H56N6O4/c1-35(55-3)51(61)57-47-28-25-41-16-9-11-20-49(41)60(54(47)64)34-45-17-8-10-19-46(45)40-23-21-39(22-24-40)43-27-30-50-44(32-43)26-29-48(58-52(62)36(2)56-4)53(63)59(50)33-37-13-12-18-42(31-37)38-14-6-5-7-15-38/h5-24,27,30-32,35-36,47-48,55-56H,25-26,28-29,33-34H2,1-4H3,(H,57,61)(H,58,62)/t35-,36-,47?,48?/m0/s1. The molecule has 10 nitrogen and oxygen atoms in total. The van der Waals surface area contributed by atoms with Crippen molar-refractivity contribution >= 4 is 35.0 Å². The van der Waals surface area contributed by atoms with Crippen LogP contribution < -0.4 is 31.1 Å². The molecule has 326 valence electrons. The summed E-state index contributed by atoms with van der Waals surface area (Å²) in [5.41, 5.74) is 12.1. The number of benzene rings is 6. The SMILES string of the molecule is CN[C@@H](C)C(=O)NC1CCc2cc(-c3ccc(-c4ccccc4CN4C(=O)C(NC(=O)[C@H](C)NC)CCc5ccccc54)cc3)ccc2N(Cc2cccc(-c3ccccc3)c2)C1=O. The maximum atomic E-state index is 14.4. The molecule has 0 spiro atoms. The zero-order valence-corrected chi connectivity index (χ0v) is 36.9. The average molecular weight is 853 g/mol. The number of para-hydroxylation sites is 1. The zero-order chi connectivity index (χ0) is 44.7. The minimum Gasteiger partial charge on any atom is -0.343 e. The van der Waals surface area contributed by atoms with Gasteiger partial charge in [-0.3, -0.25) is 19.2 Å². The smallest absolute Gasteiger partial charge is 0.249 e. The van der Waals surface area contributed by atoms with Gasteiger partial charge in [0, 0.05) is 11.4 Å². The third-order valence-corrected chi connectivity index (χ3v) is 12.7. The quantitative estimate of drug-likeness (QED) is 0.0940. The minimum absolute atomic E-state index is 0.128. The number of nitrogens with one attached hydrogen (secondary N) is 4. The summed E-state index contributed by atoms with van der Waals surface area (Å²) in [6, 6.07) is 47.2. The molecular weight excluding hydrogens is 797 g/mol. The molecule has 64 heavy (non-hydrogen) atoms. The third kappa shape index (κ3) is 9.54. The molecule has 2 aliphatic rings. The maximum Gasteiger partial charge on any atom is 0.249 e. The molecule has 0 fully saturated rings. The molecular formula is C54H56N6O4. The summed E-state index contributed by atoms with van der Waals surface area (Å²) >= 11 is 0. The Morgan fingerprint density at radius 3 is 1.73 bits per heavy atom. The summed E-state index contributed by atoms with van der Waals surface area (Å²) in [5, 5.41) is 12.0. The van der Waals surface area contributed by atoms with Gasteiger partial charge in [0.15, 0.2) is 0 Å². The third-order valence-electron chi connectivity index (χ3n) is 12.7. The molecule has 0 aliphatic carbocycles. The second-order valence-electron chi connectivity index (χ2n) is 16.8. The molecule has 2 unspecified atom stereocenters. The fraction of sp³-hybridized carbons (Fsp3) is 0.259. The van der Waals surface area contributed by atoms with Gasteiger partial charge in [0.05, 0.1) is 25.2 Å². The number of carbonyl (C=O) groups excluding carboxylic acids is 4. The fourth-order valence-corrected chi connectivity index (χ4v) is 8.74. The summed E-state index contributed by atoms with van der Waals surface area (Å²) < 4.78 is 0. The molecule has 2 heterocycles. The van der Waals surface area contributed by atoms with E-state index in [1.807, 2.05) is 76.5 Å². The Morgan fingerprint density at radius 2 is 1.05 bits per heavy atom. The van der Waals surface area contributed by atoms with Crippen LogP contribution in [0.2, 0.25) is 0 Å². The second kappa shape index (κ2) is 19.7. The van der Waals surface area contributed by atoms with Gasteiger partial charge >= 0.3 is 0 Å². The van der Waals surface area contributed by atoms with Crippen molar-refractivity contribution in [2.75, 3.05) is 23.9 Å². The van der Waals surface area contributed by atoms with Crippen LogP contribution in [0.1, 0.15) is 48.9 Å². The highest BCUT2D eigenvalue weighted by molar-refractivity contribution is 6.02. The van der Waals surface area contributed by atoms with E-state index >= 15 is 0 Å². The first kappa shape index (κ1) is 43.8. The lowest BCUT2D eigenvalue weighted by Gasteiger charge is -2.28. The summed E-state index contributed by atoms with van der Waals surface area (Å²) in [7, 11) is 3.47. The molecule has 0 bridgehead atoms. The van der Waals surface area contributed by atoms with Crippen LogP contribution in [-0.4, -0.2) is 61.9 Å². The number of rotatable bonds is 13. The molecule has 6 aromatic rings. The number of amides is 4. The number of fused-ring (bicyclic) bond motifs is 2. The number of aryl methyl sites for hydroxylation is 2. The predicted molar refractivity (Wildman–Crippen MR) is 256 cm³/mol. The Labute approximate surface area is 376 Å². The van der Waals surface area contributed by atoms with E-state index in [0.29, 0.717) is 38.8 Å². The first-order chi connectivity index (χ1) is 31.1. The van der Waals surface area contributed by atoms with Gasteiger partial charge in [0.2, 0.25) is 23.6 Å². The van der Waals surface area contributed by atoms with Gasteiger partial charge in [-0.1, -0.05) is 121 Å². The van der Waals surface area contributed by atoms with E-state index in [0.717, 1.165) is 67.0 Å². The molecule has 8 rings (SSSR count). The largest absolute Gasteiger partial charge is 0.343 e. The van der Waals surface area contributed by atoms with E-state index in [-0.39, 0.29) is 23.6 Å². The van der Waals surface area contributed by atoms with Crippen LogP contribution in [0.5, 0.6) is 0 Å². The molecule has 4 N–H and O–H groups in total. The van der Waals surface area contributed by atoms with Crippen LogP contribution in [0.25, 0.3) is 33.4 Å². The Balaban J connectivity index is 1.07. The van der Waals surface area contributed by atoms with Gasteiger partial charge in [0.25, 0.3) is 0 Å². The fourth-order valence-electron chi connectivity index (χ4n) is 8.74. The van der Waals surface area contributed by atoms with Crippen molar-refractivity contribution in [2.24, 2.45) is 0 Å². The number of anilines is 2. The summed E-state index contributed by atoms with van der Waals surface area (Å²) in [5.74, 6) is -0.678. The first-order valence-corrected chi connectivity index (χ1v) is 22.2. The highest BCUT2D eigenvalue weighted by Gasteiger charge is 2.34. The van der Waals surface area contributed by atoms with Gasteiger partial charge < -0.3 is 31.1 Å². The van der Waals surface area contributed by atoms with Crippen LogP contribution >= 0.6 is 0 Å². The van der Waals surface area contributed by atoms with Crippen molar-refractivity contribution in [2.45, 2.75) is 76.8 Å². The normalized spacial score (nSPS) is 17.1. The van der Waals surface area contributed by atoms with Gasteiger partial charge in [0.1, 0.15) is 12.1 Å². The van der Waals surface area contributed by atoms with Crippen molar-refractivity contribution in [1.82, 2.24) is 21.3 Å². The van der Waals surface area contributed by atoms with Crippen molar-refractivity contribution < 1.29 is 19.2 Å². The van der Waals surface area contributed by atoms with Gasteiger partial charge in [-0.25, -0.2) is 0 Å². The molecule has 4 atom stereocenters. The van der Waals surface area contributed by atoms with Gasteiger partial charge in [-0.05, 0) is 134 Å². The van der Waals surface area contributed by atoms with E-state index in [9.17, 15) is 19.2 Å². The van der Waals surface area contributed by atoms with E-state index in [4.69, 9.17) is 0 Å². The summed E-state index contributed by atoms with van der Waals surface area (Å²) in [4.78, 5) is 58.4. The maximum absolute atomic E-state index is 14.4. The lowest BCUT2D eigenvalue weighted by atomic mass is 9.95. The molecule has 0 aromatic heterocycles. The van der Waals surface area contributed by atoms with Crippen LogP contribution in [-0.2, 0) is 45.1 Å². The van der Waals surface area contributed by atoms with Crippen LogP contribution in [0.15, 0.2) is 146 Å². The first-order valence-electron chi connectivity index (χ1n) is 22.2. The van der Waals surface area contributed by atoms with Crippen molar-refractivity contribution in [1.29, 1.82) is 0 Å². The lowest BCUT2D eigenvalue weighted by molar-refractivity contribution is -0.128. The molecule has 10 heteroatoms. The van der Waals surface area contributed by atoms with Crippen LogP contribution in [0.3, 0.4) is 0 Å². The molecule has 2 aliphatic heterocycles. The van der Waals surface area contributed by atoms with E-state index in [2.05, 4.69) is 100 Å². The number of nitrogens with zero attached hydrogens (tertiary/aromatic N) is 2. The Bertz CT molecular complexity index is 2650.